The van der Waals surface area contributed by atoms with E-state index in [1.54, 1.807) is 23.9 Å². The molecule has 1 fully saturated rings. The number of aliphatic hydroxyl groups is 2. The van der Waals surface area contributed by atoms with Crippen molar-refractivity contribution < 1.29 is 29.3 Å². The molecule has 1 aliphatic rings. The number of rotatable bonds is 17. The first-order valence-corrected chi connectivity index (χ1v) is 18.4. The molecule has 264 valence electrons. The molecule has 5 rings (SSSR count). The quantitative estimate of drug-likeness (QED) is 0.0592. The minimum absolute atomic E-state index is 0.00118. The van der Waals surface area contributed by atoms with Gasteiger partial charge in [0.1, 0.15) is 0 Å². The minimum Gasteiger partial charge on any atom is -0.397 e. The fraction of sp³-hybridized carbons (Fsp3) is 0.350. The molecule has 3 atom stereocenters. The van der Waals surface area contributed by atoms with E-state index >= 15 is 0 Å². The fourth-order valence-electron chi connectivity index (χ4n) is 5.86. The van der Waals surface area contributed by atoms with Gasteiger partial charge < -0.3 is 36.1 Å². The molecule has 0 aliphatic carbocycles. The highest BCUT2D eigenvalue weighted by molar-refractivity contribution is 7.99. The van der Waals surface area contributed by atoms with Crippen LogP contribution in [0.25, 0.3) is 11.1 Å². The number of aliphatic hydroxyl groups excluding tert-OH is 2. The van der Waals surface area contributed by atoms with Crippen LogP contribution in [0.4, 0.5) is 11.4 Å². The molecule has 1 saturated heterocycles. The van der Waals surface area contributed by atoms with Crippen LogP contribution < -0.4 is 16.4 Å². The number of carbonyl (C=O) groups excluding carboxylic acids is 2. The molecule has 0 bridgehead atoms. The standard InChI is InChI=1S/C40H47N3O6S/c41-35-9-4-5-10-36(35)43-39(47)12-3-1-2-11-38(46)42-25-29-7-6-8-33(23-29)30-17-19-32(20-18-30)40-48-34(27-50-22-21-44)24-37(49-40)31-15-13-28(26-45)14-16-31/h4-10,13-20,23,34,37,40,44-45H,1-3,11-12,21-22,24-27,41H2,(H,42,46)(H,43,47). The van der Waals surface area contributed by atoms with Crippen LogP contribution >= 0.6 is 11.8 Å². The molecule has 9 nitrogen and oxygen atoms in total. The van der Waals surface area contributed by atoms with E-state index in [1.165, 1.54) is 0 Å². The van der Waals surface area contributed by atoms with Crippen molar-refractivity contribution in [3.05, 3.63) is 119 Å². The van der Waals surface area contributed by atoms with Gasteiger partial charge in [-0.05, 0) is 58.9 Å². The lowest BCUT2D eigenvalue weighted by molar-refractivity contribution is -0.245. The maximum absolute atomic E-state index is 12.5. The second kappa shape index (κ2) is 19.3. The summed E-state index contributed by atoms with van der Waals surface area (Å²) in [5, 5.41) is 24.6. The zero-order valence-corrected chi connectivity index (χ0v) is 29.1. The third-order valence-corrected chi connectivity index (χ3v) is 9.71. The Hall–Kier alpha value is -4.19. The van der Waals surface area contributed by atoms with Crippen molar-refractivity contribution in [2.45, 2.75) is 70.2 Å². The van der Waals surface area contributed by atoms with Gasteiger partial charge in [-0.1, -0.05) is 85.3 Å². The number of nitrogens with two attached hydrogens (primary N) is 1. The lowest BCUT2D eigenvalue weighted by atomic mass is 9.99. The number of hydrogen-bond donors (Lipinski definition) is 5. The van der Waals surface area contributed by atoms with E-state index in [4.69, 9.17) is 15.2 Å². The summed E-state index contributed by atoms with van der Waals surface area (Å²) in [5.41, 5.74) is 13.0. The summed E-state index contributed by atoms with van der Waals surface area (Å²) in [6.45, 7) is 0.568. The molecule has 4 aromatic rings. The van der Waals surface area contributed by atoms with Crippen molar-refractivity contribution in [3.63, 3.8) is 0 Å². The number of para-hydroxylation sites is 2. The number of carbonyl (C=O) groups is 2. The van der Waals surface area contributed by atoms with Crippen LogP contribution in [0.3, 0.4) is 0 Å². The molecule has 4 aromatic carbocycles. The Morgan fingerprint density at radius 2 is 1.52 bits per heavy atom. The fourth-order valence-corrected chi connectivity index (χ4v) is 6.63. The second-order valence-corrected chi connectivity index (χ2v) is 13.6. The highest BCUT2D eigenvalue weighted by atomic mass is 32.2. The molecule has 0 radical (unpaired) electrons. The lowest BCUT2D eigenvalue weighted by Gasteiger charge is -2.36. The number of benzene rings is 4. The van der Waals surface area contributed by atoms with Gasteiger partial charge in [0.15, 0.2) is 6.29 Å². The Kier molecular flexibility index (Phi) is 14.3. The highest BCUT2D eigenvalue weighted by Gasteiger charge is 2.32. The number of amides is 2. The van der Waals surface area contributed by atoms with Gasteiger partial charge in [-0.15, -0.1) is 0 Å². The zero-order valence-electron chi connectivity index (χ0n) is 28.3. The van der Waals surface area contributed by atoms with Crippen LogP contribution in [0, 0.1) is 0 Å². The number of unbranched alkanes of at least 4 members (excludes halogenated alkanes) is 2. The monoisotopic (exact) mass is 697 g/mol. The first kappa shape index (κ1) is 37.1. The van der Waals surface area contributed by atoms with Crippen LogP contribution in [0.2, 0.25) is 0 Å². The van der Waals surface area contributed by atoms with Gasteiger partial charge in [0.05, 0.1) is 36.8 Å². The molecular formula is C40H47N3O6S. The van der Waals surface area contributed by atoms with Crippen molar-refractivity contribution in [1.82, 2.24) is 5.32 Å². The maximum Gasteiger partial charge on any atom is 0.224 e. The van der Waals surface area contributed by atoms with E-state index in [0.717, 1.165) is 45.6 Å². The summed E-state index contributed by atoms with van der Waals surface area (Å²) >= 11 is 1.67. The molecular weight excluding hydrogens is 651 g/mol. The summed E-state index contributed by atoms with van der Waals surface area (Å²) in [4.78, 5) is 24.7. The van der Waals surface area contributed by atoms with Gasteiger partial charge in [0.25, 0.3) is 0 Å². The third kappa shape index (κ3) is 11.2. The summed E-state index contributed by atoms with van der Waals surface area (Å²) in [6, 6.07) is 31.3. The van der Waals surface area contributed by atoms with Gasteiger partial charge in [0, 0.05) is 42.9 Å². The number of thioether (sulfide) groups is 1. The zero-order chi connectivity index (χ0) is 35.1. The van der Waals surface area contributed by atoms with Gasteiger partial charge in [-0.2, -0.15) is 11.8 Å². The average Bonchev–Trinajstić information content (AvgIpc) is 3.15. The number of ether oxygens (including phenoxy) is 2. The molecule has 2 amide bonds. The van der Waals surface area contributed by atoms with E-state index in [-0.39, 0.29) is 37.2 Å². The lowest BCUT2D eigenvalue weighted by Crippen LogP contribution is -2.31. The van der Waals surface area contributed by atoms with Gasteiger partial charge in [0.2, 0.25) is 11.8 Å². The molecule has 0 aromatic heterocycles. The number of nitrogens with one attached hydrogen (secondary N) is 2. The Morgan fingerprint density at radius 3 is 2.26 bits per heavy atom. The first-order chi connectivity index (χ1) is 24.4. The minimum atomic E-state index is -0.535. The molecule has 1 heterocycles. The van der Waals surface area contributed by atoms with Crippen molar-refractivity contribution >= 4 is 35.0 Å². The predicted octanol–water partition coefficient (Wildman–Crippen LogP) is 6.90. The summed E-state index contributed by atoms with van der Waals surface area (Å²) < 4.78 is 12.8. The van der Waals surface area contributed by atoms with Crippen LogP contribution in [-0.4, -0.2) is 46.2 Å². The van der Waals surface area contributed by atoms with E-state index in [2.05, 4.69) is 34.9 Å². The molecule has 3 unspecified atom stereocenters. The molecule has 6 N–H and O–H groups in total. The summed E-state index contributed by atoms with van der Waals surface area (Å²) in [5.74, 6) is 1.33. The first-order valence-electron chi connectivity index (χ1n) is 17.2. The number of hydrogen-bond acceptors (Lipinski definition) is 8. The smallest absolute Gasteiger partial charge is 0.224 e. The summed E-state index contributed by atoms with van der Waals surface area (Å²) in [7, 11) is 0. The van der Waals surface area contributed by atoms with Crippen LogP contribution in [0.15, 0.2) is 97.1 Å². The Bertz CT molecular complexity index is 1670. The topological polar surface area (TPSA) is 143 Å². The molecule has 0 spiro atoms. The average molecular weight is 698 g/mol. The Balaban J connectivity index is 1.10. The number of nitrogen functional groups attached to an aromatic ring is 1. The van der Waals surface area contributed by atoms with Gasteiger partial charge in [-0.25, -0.2) is 0 Å². The maximum atomic E-state index is 12.5. The second-order valence-electron chi connectivity index (χ2n) is 12.4. The van der Waals surface area contributed by atoms with E-state index in [1.807, 2.05) is 60.7 Å². The normalized spacial score (nSPS) is 17.3. The largest absolute Gasteiger partial charge is 0.397 e. The van der Waals surface area contributed by atoms with Crippen LogP contribution in [-0.2, 0) is 32.2 Å². The van der Waals surface area contributed by atoms with E-state index < -0.39 is 6.29 Å². The SMILES string of the molecule is Nc1ccccc1NC(=O)CCCCCC(=O)NCc1cccc(-c2ccc(C3OC(CSCCO)CC(c4ccc(CO)cc4)O3)cc2)c1. The molecule has 50 heavy (non-hydrogen) atoms. The summed E-state index contributed by atoms with van der Waals surface area (Å²) in [6.07, 6.45) is 2.99. The predicted molar refractivity (Wildman–Crippen MR) is 199 cm³/mol. The van der Waals surface area contributed by atoms with Crippen LogP contribution in [0.1, 0.15) is 73.2 Å². The molecule has 0 saturated carbocycles. The van der Waals surface area contributed by atoms with E-state index in [0.29, 0.717) is 55.8 Å². The van der Waals surface area contributed by atoms with Crippen molar-refractivity contribution in [2.24, 2.45) is 0 Å². The van der Waals surface area contributed by atoms with Crippen molar-refractivity contribution in [1.29, 1.82) is 0 Å². The highest BCUT2D eigenvalue weighted by Crippen LogP contribution is 2.39. The third-order valence-electron chi connectivity index (χ3n) is 8.63. The van der Waals surface area contributed by atoms with Crippen molar-refractivity contribution in [3.8, 4) is 11.1 Å². The Labute approximate surface area is 298 Å². The van der Waals surface area contributed by atoms with Crippen LogP contribution in [0.5, 0.6) is 0 Å². The Morgan fingerprint density at radius 1 is 0.780 bits per heavy atom. The number of anilines is 2. The van der Waals surface area contributed by atoms with Gasteiger partial charge in [-0.3, -0.25) is 9.59 Å². The van der Waals surface area contributed by atoms with E-state index in [9.17, 15) is 19.8 Å². The van der Waals surface area contributed by atoms with Gasteiger partial charge >= 0.3 is 0 Å². The van der Waals surface area contributed by atoms with Crippen molar-refractivity contribution in [2.75, 3.05) is 29.2 Å². The molecule has 1 aliphatic heterocycles. The molecule has 10 heteroatoms.